The van der Waals surface area contributed by atoms with E-state index in [2.05, 4.69) is 10.3 Å². The lowest BCUT2D eigenvalue weighted by Crippen LogP contribution is -2.49. The van der Waals surface area contributed by atoms with Gasteiger partial charge in [0.05, 0.1) is 17.8 Å². The van der Waals surface area contributed by atoms with Gasteiger partial charge in [-0.1, -0.05) is 6.92 Å². The van der Waals surface area contributed by atoms with Gasteiger partial charge in [-0.05, 0) is 44.0 Å². The molecule has 2 aliphatic heterocycles. The van der Waals surface area contributed by atoms with Crippen molar-refractivity contribution in [2.45, 2.75) is 32.7 Å². The Balaban J connectivity index is 1.75. The number of hydrogen-bond acceptors (Lipinski definition) is 5. The highest BCUT2D eigenvalue weighted by Gasteiger charge is 2.38. The van der Waals surface area contributed by atoms with Crippen molar-refractivity contribution < 1.29 is 14.8 Å². The second kappa shape index (κ2) is 6.25. The van der Waals surface area contributed by atoms with Gasteiger partial charge >= 0.3 is 0 Å². The van der Waals surface area contributed by atoms with Crippen molar-refractivity contribution in [3.8, 4) is 0 Å². The van der Waals surface area contributed by atoms with E-state index in [1.54, 1.807) is 11.5 Å². The first-order chi connectivity index (χ1) is 11.0. The van der Waals surface area contributed by atoms with Gasteiger partial charge in [0.15, 0.2) is 0 Å². The van der Waals surface area contributed by atoms with Crippen LogP contribution in [0.1, 0.15) is 41.4 Å². The number of nitrogens with zero attached hydrogens (tertiary/aromatic N) is 2. The van der Waals surface area contributed by atoms with E-state index in [1.807, 2.05) is 11.8 Å². The van der Waals surface area contributed by atoms with Crippen LogP contribution in [-0.2, 0) is 17.8 Å². The summed E-state index contributed by atoms with van der Waals surface area (Å²) < 4.78 is 0. The zero-order chi connectivity index (χ0) is 16.4. The van der Waals surface area contributed by atoms with Crippen LogP contribution in [0.3, 0.4) is 0 Å². The summed E-state index contributed by atoms with van der Waals surface area (Å²) in [5.74, 6) is -0.371. The van der Waals surface area contributed by atoms with Gasteiger partial charge in [-0.15, -0.1) is 0 Å². The molecule has 124 valence electrons. The summed E-state index contributed by atoms with van der Waals surface area (Å²) in [6, 6.07) is 1.74. The predicted octanol–water partition coefficient (Wildman–Crippen LogP) is 0.475. The first-order valence-electron chi connectivity index (χ1n) is 7.96. The first kappa shape index (κ1) is 15.9. The number of piperidine rings is 1. The summed E-state index contributed by atoms with van der Waals surface area (Å²) in [7, 11) is 0. The minimum absolute atomic E-state index is 0.198. The zero-order valence-corrected chi connectivity index (χ0v) is 13.3. The third-order valence-corrected chi connectivity index (χ3v) is 4.93. The Kier molecular flexibility index (Phi) is 4.32. The number of amides is 2. The minimum atomic E-state index is -0.568. The van der Waals surface area contributed by atoms with Crippen molar-refractivity contribution in [3.63, 3.8) is 0 Å². The van der Waals surface area contributed by atoms with Crippen molar-refractivity contribution in [1.29, 1.82) is 0 Å². The number of aromatic nitrogens is 1. The number of carbonyl (C=O) groups excluding carboxylic acids is 2. The van der Waals surface area contributed by atoms with Gasteiger partial charge in [0.1, 0.15) is 0 Å². The van der Waals surface area contributed by atoms with Crippen LogP contribution in [-0.4, -0.2) is 46.5 Å². The minimum Gasteiger partial charge on any atom is -0.336 e. The number of hydroxylamine groups is 1. The van der Waals surface area contributed by atoms with E-state index >= 15 is 0 Å². The van der Waals surface area contributed by atoms with Crippen molar-refractivity contribution >= 4 is 11.8 Å². The molecule has 0 aromatic carbocycles. The molecule has 0 spiro atoms. The lowest BCUT2D eigenvalue weighted by atomic mass is 9.79. The molecule has 7 nitrogen and oxygen atoms in total. The largest absolute Gasteiger partial charge is 0.336 e. The summed E-state index contributed by atoms with van der Waals surface area (Å²) in [5.41, 5.74) is 3.45. The number of fused-ring (bicyclic) bond motifs is 1. The molecule has 0 radical (unpaired) electrons. The van der Waals surface area contributed by atoms with Crippen LogP contribution in [0, 0.1) is 5.41 Å². The van der Waals surface area contributed by atoms with Gasteiger partial charge in [-0.2, -0.15) is 0 Å². The fraction of sp³-hybridized carbons (Fsp3) is 0.562. The molecule has 0 atom stereocenters. The van der Waals surface area contributed by atoms with E-state index in [-0.39, 0.29) is 11.3 Å². The summed E-state index contributed by atoms with van der Waals surface area (Å²) in [4.78, 5) is 30.5. The lowest BCUT2D eigenvalue weighted by molar-refractivity contribution is -0.143. The highest BCUT2D eigenvalue weighted by Crippen LogP contribution is 2.32. The summed E-state index contributed by atoms with van der Waals surface area (Å²) in [6.45, 7) is 4.93. The highest BCUT2D eigenvalue weighted by molar-refractivity contribution is 5.93. The Morgan fingerprint density at radius 1 is 1.39 bits per heavy atom. The predicted molar refractivity (Wildman–Crippen MR) is 82.8 cm³/mol. The van der Waals surface area contributed by atoms with E-state index in [4.69, 9.17) is 5.21 Å². The van der Waals surface area contributed by atoms with Gasteiger partial charge in [0, 0.05) is 18.2 Å². The number of rotatable bonds is 2. The number of carbonyl (C=O) groups is 2. The molecule has 1 fully saturated rings. The molecule has 1 aromatic rings. The van der Waals surface area contributed by atoms with E-state index in [1.165, 1.54) is 6.20 Å². The molecule has 23 heavy (non-hydrogen) atoms. The normalized spacial score (nSPS) is 19.8. The molecule has 3 rings (SSSR count). The standard InChI is InChI=1S/C16H22N4O3/c1-16(3-5-17-6-4-16)15(22)20-7-2-11-8-12(14(21)19-23)9-18-13(11)10-20/h8-9,17,23H,2-7,10H2,1H3,(H,19,21). The van der Waals surface area contributed by atoms with Crippen LogP contribution in [0.5, 0.6) is 0 Å². The smallest absolute Gasteiger partial charge is 0.276 e. The van der Waals surface area contributed by atoms with Crippen LogP contribution in [0.4, 0.5) is 0 Å². The topological polar surface area (TPSA) is 94.6 Å². The molecular weight excluding hydrogens is 296 g/mol. The van der Waals surface area contributed by atoms with Crippen LogP contribution in [0.2, 0.25) is 0 Å². The maximum absolute atomic E-state index is 12.9. The molecule has 0 saturated carbocycles. The van der Waals surface area contributed by atoms with Crippen LogP contribution in [0.25, 0.3) is 0 Å². The molecular formula is C16H22N4O3. The molecule has 0 bridgehead atoms. The maximum atomic E-state index is 12.9. The Morgan fingerprint density at radius 3 is 2.83 bits per heavy atom. The molecule has 2 aliphatic rings. The fourth-order valence-corrected chi connectivity index (χ4v) is 3.35. The SMILES string of the molecule is CC1(C(=O)N2CCc3cc(C(=O)NO)cnc3C2)CCNCC1. The van der Waals surface area contributed by atoms with Crippen molar-refractivity contribution in [1.82, 2.24) is 20.7 Å². The van der Waals surface area contributed by atoms with Crippen LogP contribution in [0.15, 0.2) is 12.3 Å². The van der Waals surface area contributed by atoms with Crippen molar-refractivity contribution in [3.05, 3.63) is 29.1 Å². The van der Waals surface area contributed by atoms with Gasteiger partial charge in [0.25, 0.3) is 5.91 Å². The van der Waals surface area contributed by atoms with Crippen molar-refractivity contribution in [2.75, 3.05) is 19.6 Å². The van der Waals surface area contributed by atoms with E-state index in [0.29, 0.717) is 25.1 Å². The molecule has 0 aliphatic carbocycles. The summed E-state index contributed by atoms with van der Waals surface area (Å²) in [6.07, 6.45) is 3.83. The van der Waals surface area contributed by atoms with Gasteiger partial charge in [-0.3, -0.25) is 19.8 Å². The number of nitrogens with one attached hydrogen (secondary N) is 2. The van der Waals surface area contributed by atoms with Crippen LogP contribution < -0.4 is 10.8 Å². The molecule has 1 saturated heterocycles. The second-order valence-corrected chi connectivity index (χ2v) is 6.56. The maximum Gasteiger partial charge on any atom is 0.276 e. The average molecular weight is 318 g/mol. The van der Waals surface area contributed by atoms with Gasteiger partial charge in [0.2, 0.25) is 5.91 Å². The quantitative estimate of drug-likeness (QED) is 0.544. The molecule has 3 N–H and O–H groups in total. The third kappa shape index (κ3) is 3.07. The molecule has 2 amide bonds. The average Bonchev–Trinajstić information content (AvgIpc) is 2.60. The lowest BCUT2D eigenvalue weighted by Gasteiger charge is -2.39. The van der Waals surface area contributed by atoms with Crippen molar-refractivity contribution in [2.24, 2.45) is 5.41 Å². The first-order valence-corrected chi connectivity index (χ1v) is 7.96. The monoisotopic (exact) mass is 318 g/mol. The second-order valence-electron chi connectivity index (χ2n) is 6.56. The summed E-state index contributed by atoms with van der Waals surface area (Å²) >= 11 is 0. The molecule has 1 aromatic heterocycles. The third-order valence-electron chi connectivity index (χ3n) is 4.93. The summed E-state index contributed by atoms with van der Waals surface area (Å²) in [5, 5.41) is 12.0. The highest BCUT2D eigenvalue weighted by atomic mass is 16.5. The molecule has 7 heteroatoms. The number of pyridine rings is 1. The number of hydrogen-bond donors (Lipinski definition) is 3. The van der Waals surface area contributed by atoms with E-state index < -0.39 is 5.91 Å². The Labute approximate surface area is 135 Å². The van der Waals surface area contributed by atoms with Gasteiger partial charge < -0.3 is 10.2 Å². The zero-order valence-electron chi connectivity index (χ0n) is 13.3. The van der Waals surface area contributed by atoms with E-state index in [0.717, 1.165) is 37.2 Å². The van der Waals surface area contributed by atoms with E-state index in [9.17, 15) is 9.59 Å². The Morgan fingerprint density at radius 2 is 2.13 bits per heavy atom. The Bertz CT molecular complexity index is 626. The fourth-order valence-electron chi connectivity index (χ4n) is 3.35. The Hall–Kier alpha value is -1.99. The molecule has 0 unspecified atom stereocenters. The van der Waals surface area contributed by atoms with Crippen LogP contribution >= 0.6 is 0 Å². The van der Waals surface area contributed by atoms with Gasteiger partial charge in [-0.25, -0.2) is 5.48 Å². The molecule has 3 heterocycles.